The van der Waals surface area contributed by atoms with E-state index in [9.17, 15) is 4.39 Å². The molecule has 0 aromatic carbocycles. The highest BCUT2D eigenvalue weighted by Gasteiger charge is 2.14. The molecule has 70 valence electrons. The first-order chi connectivity index (χ1) is 6.27. The summed E-state index contributed by atoms with van der Waals surface area (Å²) in [6.07, 6.45) is 2.32. The zero-order valence-corrected chi connectivity index (χ0v) is 7.89. The molecule has 1 aromatic heterocycles. The van der Waals surface area contributed by atoms with Gasteiger partial charge in [0, 0.05) is 13.1 Å². The van der Waals surface area contributed by atoms with Crippen LogP contribution in [0.25, 0.3) is 0 Å². The monoisotopic (exact) mass is 200 g/mol. The third-order valence-electron chi connectivity index (χ3n) is 2.22. The van der Waals surface area contributed by atoms with Gasteiger partial charge in [-0.15, -0.1) is 0 Å². The Hall–Kier alpha value is -0.830. The van der Waals surface area contributed by atoms with Crippen molar-refractivity contribution in [3.63, 3.8) is 0 Å². The lowest BCUT2D eigenvalue weighted by atomic mass is 10.4. The Kier molecular flexibility index (Phi) is 2.36. The zero-order chi connectivity index (χ0) is 9.26. The van der Waals surface area contributed by atoms with Gasteiger partial charge in [-0.1, -0.05) is 11.6 Å². The van der Waals surface area contributed by atoms with Crippen LogP contribution in [0.4, 0.5) is 10.2 Å². The molecule has 0 atom stereocenters. The van der Waals surface area contributed by atoms with E-state index < -0.39 is 5.95 Å². The quantitative estimate of drug-likeness (QED) is 0.648. The fourth-order valence-electron chi connectivity index (χ4n) is 1.53. The third kappa shape index (κ3) is 1.75. The summed E-state index contributed by atoms with van der Waals surface area (Å²) in [4.78, 5) is 5.85. The number of halogens is 2. The van der Waals surface area contributed by atoms with Gasteiger partial charge in [-0.3, -0.25) is 0 Å². The Labute approximate surface area is 81.3 Å². The number of nitrogens with zero attached hydrogens (tertiary/aromatic N) is 2. The Morgan fingerprint density at radius 3 is 2.62 bits per heavy atom. The number of hydrogen-bond donors (Lipinski definition) is 0. The van der Waals surface area contributed by atoms with E-state index in [2.05, 4.69) is 9.88 Å². The molecule has 0 aliphatic carbocycles. The summed E-state index contributed by atoms with van der Waals surface area (Å²) in [5.74, 6) is 0.116. The topological polar surface area (TPSA) is 16.1 Å². The van der Waals surface area contributed by atoms with Crippen LogP contribution in [0.2, 0.25) is 5.02 Å². The van der Waals surface area contributed by atoms with Crippen LogP contribution in [0.5, 0.6) is 0 Å². The smallest absolute Gasteiger partial charge is 0.233 e. The van der Waals surface area contributed by atoms with Crippen LogP contribution < -0.4 is 4.90 Å². The maximum Gasteiger partial charge on any atom is 0.233 e. The molecule has 0 saturated carbocycles. The second kappa shape index (κ2) is 3.50. The summed E-state index contributed by atoms with van der Waals surface area (Å²) in [6, 6.07) is 3.31. The second-order valence-corrected chi connectivity index (χ2v) is 3.54. The number of aromatic nitrogens is 1. The Morgan fingerprint density at radius 1 is 1.31 bits per heavy atom. The second-order valence-electron chi connectivity index (χ2n) is 3.14. The predicted octanol–water partition coefficient (Wildman–Crippen LogP) is 2.47. The Morgan fingerprint density at radius 2 is 2.00 bits per heavy atom. The zero-order valence-electron chi connectivity index (χ0n) is 7.13. The summed E-state index contributed by atoms with van der Waals surface area (Å²) in [7, 11) is 0. The molecule has 0 N–H and O–H groups in total. The summed E-state index contributed by atoms with van der Waals surface area (Å²) in [6.45, 7) is 1.93. The Bertz CT molecular complexity index is 310. The van der Waals surface area contributed by atoms with E-state index in [1.54, 1.807) is 12.1 Å². The minimum Gasteiger partial charge on any atom is -0.357 e. The lowest BCUT2D eigenvalue weighted by molar-refractivity contribution is 0.583. The highest BCUT2D eigenvalue weighted by atomic mass is 35.5. The standard InChI is InChI=1S/C9H10ClFN2/c10-7-3-4-8(12-9(7)11)13-5-1-2-6-13/h3-4H,1-2,5-6H2. The third-order valence-corrected chi connectivity index (χ3v) is 2.50. The van der Waals surface area contributed by atoms with E-state index in [0.717, 1.165) is 25.9 Å². The van der Waals surface area contributed by atoms with Crippen molar-refractivity contribution >= 4 is 17.4 Å². The van der Waals surface area contributed by atoms with Gasteiger partial charge in [0.15, 0.2) is 0 Å². The van der Waals surface area contributed by atoms with Gasteiger partial charge in [0.2, 0.25) is 5.95 Å². The van der Waals surface area contributed by atoms with E-state index in [1.807, 2.05) is 0 Å². The summed E-state index contributed by atoms with van der Waals surface area (Å²) >= 11 is 5.53. The molecule has 2 rings (SSSR count). The SMILES string of the molecule is Fc1nc(N2CCCC2)ccc1Cl. The lowest BCUT2D eigenvalue weighted by Gasteiger charge is -2.15. The largest absolute Gasteiger partial charge is 0.357 e. The number of hydrogen-bond acceptors (Lipinski definition) is 2. The van der Waals surface area contributed by atoms with E-state index in [1.165, 1.54) is 0 Å². The molecule has 2 heterocycles. The first-order valence-electron chi connectivity index (χ1n) is 4.34. The molecule has 1 aliphatic rings. The van der Waals surface area contributed by atoms with Crippen LogP contribution in [-0.4, -0.2) is 18.1 Å². The average Bonchev–Trinajstić information content (AvgIpc) is 2.62. The van der Waals surface area contributed by atoms with Gasteiger partial charge in [-0.2, -0.15) is 4.39 Å². The van der Waals surface area contributed by atoms with Crippen LogP contribution in [0.1, 0.15) is 12.8 Å². The van der Waals surface area contributed by atoms with Crippen LogP contribution in [0.15, 0.2) is 12.1 Å². The van der Waals surface area contributed by atoms with E-state index >= 15 is 0 Å². The fraction of sp³-hybridized carbons (Fsp3) is 0.444. The molecular weight excluding hydrogens is 191 g/mol. The van der Waals surface area contributed by atoms with E-state index in [-0.39, 0.29) is 5.02 Å². The molecule has 0 bridgehead atoms. The van der Waals surface area contributed by atoms with Crippen molar-refractivity contribution in [1.82, 2.24) is 4.98 Å². The van der Waals surface area contributed by atoms with E-state index in [4.69, 9.17) is 11.6 Å². The molecular formula is C9H10ClFN2. The summed E-state index contributed by atoms with van der Waals surface area (Å²) in [5.41, 5.74) is 0. The maximum absolute atomic E-state index is 13.0. The molecule has 0 unspecified atom stereocenters. The van der Waals surface area contributed by atoms with Crippen LogP contribution in [0, 0.1) is 5.95 Å². The molecule has 4 heteroatoms. The minimum atomic E-state index is -0.578. The van der Waals surface area contributed by atoms with Crippen molar-refractivity contribution in [2.45, 2.75) is 12.8 Å². The summed E-state index contributed by atoms with van der Waals surface area (Å²) in [5, 5.41) is 0.0861. The van der Waals surface area contributed by atoms with Crippen LogP contribution in [0.3, 0.4) is 0 Å². The van der Waals surface area contributed by atoms with Gasteiger partial charge in [-0.05, 0) is 25.0 Å². The lowest BCUT2D eigenvalue weighted by Crippen LogP contribution is -2.19. The molecule has 13 heavy (non-hydrogen) atoms. The molecule has 1 fully saturated rings. The molecule has 2 nitrogen and oxygen atoms in total. The normalized spacial score (nSPS) is 16.6. The molecule has 0 spiro atoms. The highest BCUT2D eigenvalue weighted by Crippen LogP contribution is 2.21. The van der Waals surface area contributed by atoms with Crippen molar-refractivity contribution in [3.05, 3.63) is 23.1 Å². The maximum atomic E-state index is 13.0. The molecule has 1 aromatic rings. The van der Waals surface area contributed by atoms with Gasteiger partial charge in [0.1, 0.15) is 5.82 Å². The number of rotatable bonds is 1. The van der Waals surface area contributed by atoms with Gasteiger partial charge < -0.3 is 4.90 Å². The molecule has 1 aliphatic heterocycles. The first-order valence-corrected chi connectivity index (χ1v) is 4.72. The van der Waals surface area contributed by atoms with Gasteiger partial charge in [0.05, 0.1) is 5.02 Å². The first kappa shape index (κ1) is 8.75. The van der Waals surface area contributed by atoms with Crippen molar-refractivity contribution < 1.29 is 4.39 Å². The van der Waals surface area contributed by atoms with E-state index in [0.29, 0.717) is 5.82 Å². The van der Waals surface area contributed by atoms with Crippen LogP contribution >= 0.6 is 11.6 Å². The van der Waals surface area contributed by atoms with Gasteiger partial charge in [-0.25, -0.2) is 4.98 Å². The van der Waals surface area contributed by atoms with Gasteiger partial charge in [0.25, 0.3) is 0 Å². The fourth-order valence-corrected chi connectivity index (χ4v) is 1.64. The van der Waals surface area contributed by atoms with Crippen molar-refractivity contribution in [2.24, 2.45) is 0 Å². The molecule has 0 amide bonds. The summed E-state index contributed by atoms with van der Waals surface area (Å²) < 4.78 is 13.0. The molecule has 0 radical (unpaired) electrons. The number of anilines is 1. The highest BCUT2D eigenvalue weighted by molar-refractivity contribution is 6.30. The predicted molar refractivity (Wildman–Crippen MR) is 50.7 cm³/mol. The van der Waals surface area contributed by atoms with Crippen LogP contribution in [-0.2, 0) is 0 Å². The van der Waals surface area contributed by atoms with Gasteiger partial charge >= 0.3 is 0 Å². The number of pyridine rings is 1. The minimum absolute atomic E-state index is 0.0861. The van der Waals surface area contributed by atoms with Crippen molar-refractivity contribution in [3.8, 4) is 0 Å². The molecule has 1 saturated heterocycles. The van der Waals surface area contributed by atoms with Crippen molar-refractivity contribution in [2.75, 3.05) is 18.0 Å². The Balaban J connectivity index is 2.25. The van der Waals surface area contributed by atoms with Crippen molar-refractivity contribution in [1.29, 1.82) is 0 Å². The average molecular weight is 201 g/mol.